The van der Waals surface area contributed by atoms with Crippen molar-refractivity contribution in [2.45, 2.75) is 45.1 Å². The molecule has 0 aliphatic heterocycles. The summed E-state index contributed by atoms with van der Waals surface area (Å²) in [4.78, 5) is 13.2. The van der Waals surface area contributed by atoms with Crippen LogP contribution in [-0.2, 0) is 34.2 Å². The molecule has 0 spiro atoms. The summed E-state index contributed by atoms with van der Waals surface area (Å²) in [6.07, 6.45) is 1.76. The Morgan fingerprint density at radius 3 is 2.32 bits per heavy atom. The number of hydrogen-bond acceptors (Lipinski definition) is 4. The van der Waals surface area contributed by atoms with Crippen LogP contribution < -0.4 is 14.4 Å². The molecule has 3 aromatic rings. The number of carbonyl (C=O) groups is 1. The number of hydrogen-bond donors (Lipinski definition) is 1. The Balaban J connectivity index is 1.93. The van der Waals surface area contributed by atoms with Crippen molar-refractivity contribution in [1.82, 2.24) is 5.32 Å². The van der Waals surface area contributed by atoms with Gasteiger partial charge in [0.25, 0.3) is 10.0 Å². The first kappa shape index (κ1) is 25.3. The third kappa shape index (κ3) is 5.78. The first-order valence-electron chi connectivity index (χ1n) is 11.4. The Morgan fingerprint density at radius 2 is 1.68 bits per heavy atom. The molecular formula is C27H32N2O4S. The van der Waals surface area contributed by atoms with Gasteiger partial charge in [0.05, 0.1) is 17.7 Å². The highest BCUT2D eigenvalue weighted by Gasteiger charge is 2.29. The van der Waals surface area contributed by atoms with E-state index in [4.69, 9.17) is 4.74 Å². The maximum Gasteiger partial charge on any atom is 0.264 e. The molecule has 1 amide bonds. The number of nitrogens with zero attached hydrogens (tertiary/aromatic N) is 1. The van der Waals surface area contributed by atoms with Crippen LogP contribution in [0.1, 0.15) is 36.1 Å². The lowest BCUT2D eigenvalue weighted by molar-refractivity contribution is -0.119. The van der Waals surface area contributed by atoms with Gasteiger partial charge in [0.2, 0.25) is 5.91 Å². The fourth-order valence-corrected chi connectivity index (χ4v) is 5.25. The highest BCUT2D eigenvalue weighted by Crippen LogP contribution is 2.33. The van der Waals surface area contributed by atoms with E-state index in [1.807, 2.05) is 13.0 Å². The molecule has 0 aromatic heterocycles. The predicted octanol–water partition coefficient (Wildman–Crippen LogP) is 4.64. The molecule has 0 aliphatic carbocycles. The van der Waals surface area contributed by atoms with Crippen molar-refractivity contribution >= 4 is 21.6 Å². The molecule has 3 aromatic carbocycles. The lowest BCUT2D eigenvalue weighted by atomic mass is 10.0. The molecule has 6 nitrogen and oxygen atoms in total. The van der Waals surface area contributed by atoms with Crippen LogP contribution in [0.4, 0.5) is 5.69 Å². The average Bonchev–Trinajstić information content (AvgIpc) is 2.86. The fourth-order valence-electron chi connectivity index (χ4n) is 3.80. The Morgan fingerprint density at radius 1 is 0.941 bits per heavy atom. The number of sulfonamides is 1. The van der Waals surface area contributed by atoms with Crippen molar-refractivity contribution in [2.75, 3.05) is 18.0 Å². The molecular weight excluding hydrogens is 448 g/mol. The van der Waals surface area contributed by atoms with Crippen molar-refractivity contribution < 1.29 is 17.9 Å². The van der Waals surface area contributed by atoms with E-state index in [1.165, 1.54) is 24.8 Å². The van der Waals surface area contributed by atoms with Crippen molar-refractivity contribution in [3.05, 3.63) is 89.0 Å². The SMILES string of the molecule is CCc1ccc(CC)c(CNC(=O)CN(c2cc(C)ccc2OC)S(=O)(=O)c2ccccc2)c1. The largest absolute Gasteiger partial charge is 0.495 e. The van der Waals surface area contributed by atoms with Crippen LogP contribution in [0.5, 0.6) is 5.75 Å². The fraction of sp³-hybridized carbons (Fsp3) is 0.296. The van der Waals surface area contributed by atoms with E-state index in [9.17, 15) is 13.2 Å². The molecule has 0 aliphatic rings. The molecule has 34 heavy (non-hydrogen) atoms. The van der Waals surface area contributed by atoms with E-state index in [1.54, 1.807) is 30.3 Å². The van der Waals surface area contributed by atoms with Gasteiger partial charge in [-0.1, -0.05) is 56.3 Å². The van der Waals surface area contributed by atoms with Crippen LogP contribution in [-0.4, -0.2) is 28.0 Å². The minimum Gasteiger partial charge on any atom is -0.495 e. The maximum absolute atomic E-state index is 13.6. The van der Waals surface area contributed by atoms with Crippen LogP contribution in [0, 0.1) is 6.92 Å². The van der Waals surface area contributed by atoms with Gasteiger partial charge in [0, 0.05) is 6.54 Å². The Bertz CT molecular complexity index is 1240. The first-order valence-corrected chi connectivity index (χ1v) is 12.8. The molecule has 7 heteroatoms. The van der Waals surface area contributed by atoms with Gasteiger partial charge in [-0.3, -0.25) is 9.10 Å². The van der Waals surface area contributed by atoms with Gasteiger partial charge in [-0.25, -0.2) is 8.42 Å². The zero-order valence-corrected chi connectivity index (χ0v) is 21.0. The van der Waals surface area contributed by atoms with E-state index in [-0.39, 0.29) is 11.4 Å². The molecule has 3 rings (SSSR count). The number of methoxy groups -OCH3 is 1. The quantitative estimate of drug-likeness (QED) is 0.459. The average molecular weight is 481 g/mol. The van der Waals surface area contributed by atoms with Gasteiger partial charge in [-0.2, -0.15) is 0 Å². The molecule has 0 fully saturated rings. The zero-order valence-electron chi connectivity index (χ0n) is 20.2. The summed E-state index contributed by atoms with van der Waals surface area (Å²) in [5.74, 6) is -0.0196. The van der Waals surface area contributed by atoms with Crippen LogP contribution >= 0.6 is 0 Å². The number of rotatable bonds is 10. The summed E-state index contributed by atoms with van der Waals surface area (Å²) >= 11 is 0. The van der Waals surface area contributed by atoms with Gasteiger partial charge in [-0.15, -0.1) is 0 Å². The topological polar surface area (TPSA) is 75.7 Å². The lowest BCUT2D eigenvalue weighted by Crippen LogP contribution is -2.41. The normalized spacial score (nSPS) is 11.2. The second-order valence-electron chi connectivity index (χ2n) is 8.09. The minimum atomic E-state index is -4.01. The number of aryl methyl sites for hydroxylation is 3. The van der Waals surface area contributed by atoms with Crippen LogP contribution in [0.15, 0.2) is 71.6 Å². The van der Waals surface area contributed by atoms with Gasteiger partial charge in [0.15, 0.2) is 0 Å². The number of carbonyl (C=O) groups excluding carboxylic acids is 1. The summed E-state index contributed by atoms with van der Waals surface area (Å²) in [5, 5.41) is 2.92. The van der Waals surface area contributed by atoms with Crippen LogP contribution in [0.2, 0.25) is 0 Å². The van der Waals surface area contributed by atoms with E-state index < -0.39 is 15.9 Å². The second-order valence-corrected chi connectivity index (χ2v) is 9.95. The molecule has 0 saturated heterocycles. The Kier molecular flexibility index (Phi) is 8.34. The van der Waals surface area contributed by atoms with Crippen molar-refractivity contribution in [1.29, 1.82) is 0 Å². The van der Waals surface area contributed by atoms with Gasteiger partial charge < -0.3 is 10.1 Å². The van der Waals surface area contributed by atoms with Crippen molar-refractivity contribution in [2.24, 2.45) is 0 Å². The summed E-state index contributed by atoms with van der Waals surface area (Å²) in [5.41, 5.74) is 4.57. The van der Waals surface area contributed by atoms with E-state index >= 15 is 0 Å². The number of nitrogens with one attached hydrogen (secondary N) is 1. The first-order chi connectivity index (χ1) is 16.3. The molecule has 0 heterocycles. The predicted molar refractivity (Wildman–Crippen MR) is 136 cm³/mol. The summed E-state index contributed by atoms with van der Waals surface area (Å²) in [6.45, 7) is 5.99. The van der Waals surface area contributed by atoms with Crippen LogP contribution in [0.3, 0.4) is 0 Å². The number of benzene rings is 3. The second kappa shape index (κ2) is 11.2. The third-order valence-electron chi connectivity index (χ3n) is 5.76. The van der Waals surface area contributed by atoms with Crippen LogP contribution in [0.25, 0.3) is 0 Å². The molecule has 0 saturated carbocycles. The summed E-state index contributed by atoms with van der Waals surface area (Å²) < 4.78 is 33.8. The zero-order chi connectivity index (χ0) is 24.7. The molecule has 0 unspecified atom stereocenters. The highest BCUT2D eigenvalue weighted by molar-refractivity contribution is 7.92. The summed E-state index contributed by atoms with van der Waals surface area (Å²) in [6, 6.07) is 19.7. The van der Waals surface area contributed by atoms with Crippen molar-refractivity contribution in [3.8, 4) is 5.75 Å². The molecule has 1 N–H and O–H groups in total. The standard InChI is InChI=1S/C27H32N2O4S/c1-5-21-13-14-22(6-2)23(17-21)18-28-27(30)19-29(25-16-20(3)12-15-26(25)33-4)34(31,32)24-10-8-7-9-11-24/h7-17H,5-6,18-19H2,1-4H3,(H,28,30). The van der Waals surface area contributed by atoms with Gasteiger partial charge in [0.1, 0.15) is 12.3 Å². The minimum absolute atomic E-state index is 0.107. The smallest absolute Gasteiger partial charge is 0.264 e. The lowest BCUT2D eigenvalue weighted by Gasteiger charge is -2.26. The molecule has 0 radical (unpaired) electrons. The Labute approximate surface area is 202 Å². The maximum atomic E-state index is 13.6. The molecule has 0 atom stereocenters. The van der Waals surface area contributed by atoms with Crippen molar-refractivity contribution in [3.63, 3.8) is 0 Å². The van der Waals surface area contributed by atoms with Gasteiger partial charge >= 0.3 is 0 Å². The van der Waals surface area contributed by atoms with E-state index in [0.29, 0.717) is 18.0 Å². The van der Waals surface area contributed by atoms with E-state index in [0.717, 1.165) is 33.8 Å². The number of ether oxygens (including phenoxy) is 1. The monoisotopic (exact) mass is 480 g/mol. The molecule has 0 bridgehead atoms. The van der Waals surface area contributed by atoms with E-state index in [2.05, 4.69) is 37.4 Å². The third-order valence-corrected chi connectivity index (χ3v) is 7.53. The van der Waals surface area contributed by atoms with Gasteiger partial charge in [-0.05, 0) is 66.3 Å². The highest BCUT2D eigenvalue weighted by atomic mass is 32.2. The molecule has 180 valence electrons. The number of anilines is 1. The summed E-state index contributed by atoms with van der Waals surface area (Å²) in [7, 11) is -2.53. The number of amides is 1. The Hall–Kier alpha value is -3.32.